The monoisotopic (exact) mass is 286 g/mol. The molecule has 0 aliphatic carbocycles. The van der Waals surface area contributed by atoms with Gasteiger partial charge < -0.3 is 9.47 Å². The lowest BCUT2D eigenvalue weighted by molar-refractivity contribution is 0.112. The van der Waals surface area contributed by atoms with Crippen molar-refractivity contribution in [2.45, 2.75) is 13.2 Å². The van der Waals surface area contributed by atoms with Crippen molar-refractivity contribution in [2.24, 2.45) is 0 Å². The van der Waals surface area contributed by atoms with Crippen molar-refractivity contribution in [3.05, 3.63) is 32.7 Å². The molecule has 0 saturated carbocycles. The van der Waals surface area contributed by atoms with E-state index in [4.69, 9.17) is 9.47 Å². The molecule has 2 aromatic heterocycles. The van der Waals surface area contributed by atoms with Crippen molar-refractivity contribution in [1.82, 2.24) is 9.97 Å². The summed E-state index contributed by atoms with van der Waals surface area (Å²) in [7, 11) is 3.27. The van der Waals surface area contributed by atoms with E-state index in [9.17, 15) is 4.79 Å². The molecular weight excluding hydrogens is 272 g/mol. The molecule has 0 fully saturated rings. The van der Waals surface area contributed by atoms with Crippen molar-refractivity contribution < 1.29 is 14.3 Å². The Hall–Kier alpha value is -1.15. The molecule has 7 heteroatoms. The Balaban J connectivity index is 0.000000184. The second-order valence-electron chi connectivity index (χ2n) is 3.07. The summed E-state index contributed by atoms with van der Waals surface area (Å²) in [6, 6.07) is 0. The molecule has 0 N–H and O–H groups in total. The lowest BCUT2D eigenvalue weighted by Gasteiger charge is -1.88. The average molecular weight is 286 g/mol. The van der Waals surface area contributed by atoms with E-state index in [2.05, 4.69) is 9.97 Å². The molecule has 0 aromatic carbocycles. The van der Waals surface area contributed by atoms with Gasteiger partial charge >= 0.3 is 0 Å². The number of aldehydes is 1. The molecule has 0 unspecified atom stereocenters. The number of hydrogen-bond donors (Lipinski definition) is 0. The molecule has 0 atom stereocenters. The molecule has 2 aromatic rings. The first-order valence-corrected chi connectivity index (χ1v) is 6.76. The second kappa shape index (κ2) is 8.87. The maximum atomic E-state index is 10.2. The van der Waals surface area contributed by atoms with Crippen molar-refractivity contribution >= 4 is 29.0 Å². The van der Waals surface area contributed by atoms with Gasteiger partial charge in [-0.1, -0.05) is 0 Å². The molecule has 2 rings (SSSR count). The minimum atomic E-state index is 0.485. The molecule has 18 heavy (non-hydrogen) atoms. The number of nitrogens with zero attached hydrogens (tertiary/aromatic N) is 2. The van der Waals surface area contributed by atoms with Crippen LogP contribution < -0.4 is 0 Å². The van der Waals surface area contributed by atoms with E-state index in [1.54, 1.807) is 38.0 Å². The summed E-state index contributed by atoms with van der Waals surface area (Å²) in [5.41, 5.74) is 0. The van der Waals surface area contributed by atoms with E-state index in [1.807, 2.05) is 5.38 Å². The minimum Gasteiger partial charge on any atom is -0.378 e. The van der Waals surface area contributed by atoms with Crippen LogP contribution in [0, 0.1) is 0 Å². The highest BCUT2D eigenvalue weighted by Crippen LogP contribution is 2.10. The second-order valence-corrected chi connectivity index (χ2v) is 5.19. The number of ether oxygens (including phenoxy) is 2. The number of carbonyl (C=O) groups is 1. The standard InChI is InChI=1S/C6H7NO2S.C5H7NOS/c1-9-4-6-7-2-5(3-8)10-6;1-7-4-5-6-2-3-8-5/h2-3H,4H2,1H3;2-3H,4H2,1H3. The fourth-order valence-corrected chi connectivity index (χ4v) is 2.31. The summed E-state index contributed by atoms with van der Waals surface area (Å²) < 4.78 is 9.65. The van der Waals surface area contributed by atoms with Gasteiger partial charge in [0.05, 0.1) is 18.1 Å². The van der Waals surface area contributed by atoms with E-state index < -0.39 is 0 Å². The van der Waals surface area contributed by atoms with Crippen LogP contribution in [0.25, 0.3) is 0 Å². The summed E-state index contributed by atoms with van der Waals surface area (Å²) in [6.07, 6.45) is 4.11. The maximum Gasteiger partial charge on any atom is 0.161 e. The molecule has 0 spiro atoms. The molecule has 2 heterocycles. The van der Waals surface area contributed by atoms with E-state index in [1.165, 1.54) is 11.3 Å². The number of carbonyl (C=O) groups excluding carboxylic acids is 1. The van der Waals surface area contributed by atoms with Gasteiger partial charge in [0.1, 0.15) is 10.0 Å². The Bertz CT molecular complexity index is 443. The average Bonchev–Trinajstić information content (AvgIpc) is 3.02. The van der Waals surface area contributed by atoms with E-state index >= 15 is 0 Å². The van der Waals surface area contributed by atoms with Crippen LogP contribution >= 0.6 is 22.7 Å². The number of hydrogen-bond acceptors (Lipinski definition) is 7. The predicted molar refractivity (Wildman–Crippen MR) is 71.0 cm³/mol. The maximum absolute atomic E-state index is 10.2. The Labute approximate surface area is 113 Å². The van der Waals surface area contributed by atoms with E-state index in [0.29, 0.717) is 18.1 Å². The summed E-state index contributed by atoms with van der Waals surface area (Å²) in [4.78, 5) is 18.7. The zero-order valence-corrected chi connectivity index (χ0v) is 11.8. The Morgan fingerprint density at radius 1 is 1.22 bits per heavy atom. The summed E-state index contributed by atoms with van der Waals surface area (Å²) in [6.45, 7) is 1.12. The molecule has 0 aliphatic heterocycles. The Morgan fingerprint density at radius 3 is 2.44 bits per heavy atom. The Morgan fingerprint density at radius 2 is 1.94 bits per heavy atom. The quantitative estimate of drug-likeness (QED) is 0.790. The zero-order chi connectivity index (χ0) is 13.2. The van der Waals surface area contributed by atoms with Gasteiger partial charge in [-0.2, -0.15) is 0 Å². The predicted octanol–water partition coefficient (Wildman–Crippen LogP) is 2.39. The van der Waals surface area contributed by atoms with Crippen molar-refractivity contribution in [1.29, 1.82) is 0 Å². The lowest BCUT2D eigenvalue weighted by Crippen LogP contribution is -1.82. The van der Waals surface area contributed by atoms with Crippen LogP contribution in [0.1, 0.15) is 19.7 Å². The summed E-state index contributed by atoms with van der Waals surface area (Å²) in [5.74, 6) is 0. The fourth-order valence-electron chi connectivity index (χ4n) is 1.02. The normalized spacial score (nSPS) is 9.67. The fraction of sp³-hybridized carbons (Fsp3) is 0.364. The highest BCUT2D eigenvalue weighted by atomic mass is 32.1. The van der Waals surface area contributed by atoms with Gasteiger partial charge in [0, 0.05) is 32.0 Å². The number of thiazole rings is 2. The first-order chi connectivity index (χ1) is 8.80. The lowest BCUT2D eigenvalue weighted by atomic mass is 10.6. The van der Waals surface area contributed by atoms with Crippen LogP contribution in [0.3, 0.4) is 0 Å². The van der Waals surface area contributed by atoms with E-state index in [0.717, 1.165) is 16.3 Å². The largest absolute Gasteiger partial charge is 0.378 e. The number of methoxy groups -OCH3 is 2. The molecular formula is C11H14N2O3S2. The third-order valence-electron chi connectivity index (χ3n) is 1.71. The van der Waals surface area contributed by atoms with Crippen molar-refractivity contribution in [3.8, 4) is 0 Å². The van der Waals surface area contributed by atoms with Crippen LogP contribution in [-0.2, 0) is 22.7 Å². The molecule has 0 amide bonds. The zero-order valence-electron chi connectivity index (χ0n) is 10.2. The molecule has 0 bridgehead atoms. The third kappa shape index (κ3) is 5.46. The SMILES string of the molecule is COCc1ncc(C=O)s1.COCc1nccs1. The highest BCUT2D eigenvalue weighted by Gasteiger charge is 1.98. The van der Waals surface area contributed by atoms with Crippen molar-refractivity contribution in [3.63, 3.8) is 0 Å². The van der Waals surface area contributed by atoms with Gasteiger partial charge in [-0.05, 0) is 0 Å². The van der Waals surface area contributed by atoms with Crippen LogP contribution in [0.4, 0.5) is 0 Å². The highest BCUT2D eigenvalue weighted by molar-refractivity contribution is 7.13. The molecule has 0 saturated heterocycles. The first-order valence-electron chi connectivity index (χ1n) is 5.06. The minimum absolute atomic E-state index is 0.485. The molecule has 0 aliphatic rings. The molecule has 98 valence electrons. The van der Waals surface area contributed by atoms with Crippen LogP contribution in [-0.4, -0.2) is 30.5 Å². The van der Waals surface area contributed by atoms with Gasteiger partial charge in [0.2, 0.25) is 0 Å². The van der Waals surface area contributed by atoms with Crippen LogP contribution in [0.5, 0.6) is 0 Å². The van der Waals surface area contributed by atoms with Gasteiger partial charge in [0.25, 0.3) is 0 Å². The van der Waals surface area contributed by atoms with Crippen molar-refractivity contribution in [2.75, 3.05) is 14.2 Å². The van der Waals surface area contributed by atoms with Gasteiger partial charge in [-0.3, -0.25) is 4.79 Å². The van der Waals surface area contributed by atoms with Crippen LogP contribution in [0.2, 0.25) is 0 Å². The number of rotatable bonds is 5. The number of aromatic nitrogens is 2. The smallest absolute Gasteiger partial charge is 0.161 e. The van der Waals surface area contributed by atoms with Gasteiger partial charge in [-0.15, -0.1) is 22.7 Å². The Kier molecular flexibility index (Phi) is 7.35. The summed E-state index contributed by atoms with van der Waals surface area (Å²) in [5, 5.41) is 3.81. The molecule has 5 nitrogen and oxygen atoms in total. The van der Waals surface area contributed by atoms with Crippen LogP contribution in [0.15, 0.2) is 17.8 Å². The van der Waals surface area contributed by atoms with Gasteiger partial charge in [-0.25, -0.2) is 9.97 Å². The third-order valence-corrected chi connectivity index (χ3v) is 3.36. The topological polar surface area (TPSA) is 61.3 Å². The van der Waals surface area contributed by atoms with Gasteiger partial charge in [0.15, 0.2) is 6.29 Å². The molecule has 0 radical (unpaired) electrons. The first kappa shape index (κ1) is 14.9. The van der Waals surface area contributed by atoms with E-state index in [-0.39, 0.29) is 0 Å². The summed E-state index contributed by atoms with van der Waals surface area (Å²) >= 11 is 2.96.